The van der Waals surface area contributed by atoms with E-state index in [9.17, 15) is 88.9 Å². The van der Waals surface area contributed by atoms with Crippen LogP contribution in [0.2, 0.25) is 0 Å². The molecule has 2 aromatic rings. The number of carbonyl (C=O) groups excluding carboxylic acids is 8. The predicted molar refractivity (Wildman–Crippen MR) is 487 cm³/mol. The Morgan fingerprint density at radius 3 is 1.38 bits per heavy atom. The summed E-state index contributed by atoms with van der Waals surface area (Å²) in [4.78, 5) is 108. The molecule has 43 nitrogen and oxygen atoms in total. The summed E-state index contributed by atoms with van der Waals surface area (Å²) >= 11 is 0. The zero-order valence-corrected chi connectivity index (χ0v) is 78.9. The van der Waals surface area contributed by atoms with E-state index in [0.717, 1.165) is 72.4 Å². The van der Waals surface area contributed by atoms with Crippen LogP contribution in [-0.4, -0.2) is 359 Å². The number of likely N-dealkylation sites (tertiary alicyclic amines) is 1. The molecule has 8 rings (SSSR count). The van der Waals surface area contributed by atoms with Crippen LogP contribution in [0.25, 0.3) is 11.4 Å². The topological polar surface area (TPSA) is 574 Å². The number of anilines is 1. The molecule has 0 bridgehead atoms. The number of ether oxygens (including phenoxy) is 11. The molecule has 0 radical (unpaired) electrons. The monoisotopic (exact) mass is 1930 g/mol. The van der Waals surface area contributed by atoms with Crippen molar-refractivity contribution in [2.75, 3.05) is 163 Å². The highest BCUT2D eigenvalue weighted by Crippen LogP contribution is 2.40. The molecule has 16 atom stereocenters. The molecule has 4 fully saturated rings. The van der Waals surface area contributed by atoms with Gasteiger partial charge in [-0.05, 0) is 75.8 Å². The maximum absolute atomic E-state index is 14.8. The van der Waals surface area contributed by atoms with Gasteiger partial charge in [-0.2, -0.15) is 4.52 Å². The van der Waals surface area contributed by atoms with Crippen molar-refractivity contribution in [3.05, 3.63) is 65.2 Å². The molecule has 4 saturated heterocycles. The van der Waals surface area contributed by atoms with E-state index in [-0.39, 0.29) is 148 Å². The van der Waals surface area contributed by atoms with E-state index in [4.69, 9.17) is 63.1 Å². The number of para-hydroxylation sites is 1. The number of fused-ring (bicyclic) bond motifs is 4. The number of hydrogen-bond acceptors (Lipinski definition) is 35. The zero-order chi connectivity index (χ0) is 97.3. The van der Waals surface area contributed by atoms with Crippen molar-refractivity contribution >= 4 is 72.6 Å². The molecular weight excluding hydrogens is 1790 g/mol. The van der Waals surface area contributed by atoms with Gasteiger partial charge in [-0.25, -0.2) is 0 Å². The van der Waals surface area contributed by atoms with Gasteiger partial charge >= 0.3 is 8.25 Å². The summed E-state index contributed by atoms with van der Waals surface area (Å²) in [5, 5.41) is 114. The fourth-order valence-corrected chi connectivity index (χ4v) is 17.0. The second-order valence-corrected chi connectivity index (χ2v) is 35.3. The number of terminal acetylenes is 1. The van der Waals surface area contributed by atoms with Crippen molar-refractivity contribution in [2.45, 2.75) is 266 Å². The van der Waals surface area contributed by atoms with Crippen LogP contribution in [-0.2, 0) is 111 Å². The van der Waals surface area contributed by atoms with E-state index in [1.807, 2.05) is 29.3 Å². The van der Waals surface area contributed by atoms with Crippen molar-refractivity contribution < 1.29 is 150 Å². The second kappa shape index (κ2) is 62.1. The third kappa shape index (κ3) is 38.2. The lowest BCUT2D eigenvalue weighted by Gasteiger charge is -2.42. The molecule has 0 aromatic heterocycles. The number of hydrogen-bond donors (Lipinski definition) is 18. The fourth-order valence-electron chi connectivity index (χ4n) is 16.5. The summed E-state index contributed by atoms with van der Waals surface area (Å²) < 4.78 is 86.4. The first-order valence-electron chi connectivity index (χ1n) is 47.3. The highest BCUT2D eigenvalue weighted by molar-refractivity contribution is 7.33. The molecule has 0 aliphatic carbocycles. The van der Waals surface area contributed by atoms with Crippen LogP contribution in [0.3, 0.4) is 0 Å². The van der Waals surface area contributed by atoms with Gasteiger partial charge in [-0.1, -0.05) is 107 Å². The molecule has 8 amide bonds. The Morgan fingerprint density at radius 1 is 0.496 bits per heavy atom. The van der Waals surface area contributed by atoms with E-state index in [1.165, 1.54) is 20.8 Å². The maximum Gasteiger partial charge on any atom is 0.759 e. The first-order chi connectivity index (χ1) is 65.3. The lowest BCUT2D eigenvalue weighted by Crippen LogP contribution is -2.64. The van der Waals surface area contributed by atoms with Crippen LogP contribution in [0.1, 0.15) is 179 Å². The fraction of sp³-hybridized carbons (Fsp3) is 0.736. The first-order valence-corrected chi connectivity index (χ1v) is 48.4. The molecule has 6 aliphatic heterocycles. The molecule has 0 saturated carbocycles. The Kier molecular flexibility index (Phi) is 51.6. The number of piperidine rings is 1. The number of aliphatic hydroxyl groups is 9. The molecule has 135 heavy (non-hydrogen) atoms. The molecule has 44 heteroatoms. The Morgan fingerprint density at radius 2 is 0.919 bits per heavy atom. The van der Waals surface area contributed by atoms with Gasteiger partial charge in [0.05, 0.1) is 97.2 Å². The number of unbranched alkanes of at least 4 members (excludes halogenated alkanes) is 13. The van der Waals surface area contributed by atoms with Crippen molar-refractivity contribution in [1.29, 1.82) is 0 Å². The minimum Gasteiger partial charge on any atom is -0.394 e. The Labute approximate surface area is 790 Å². The van der Waals surface area contributed by atoms with E-state index in [1.54, 1.807) is 4.90 Å². The SMILES string of the molecule is C#CO[P+](=O)OCCCCCCCN1Cc2ccccc2C2=C(NNN2CCOCCOCC(=O)N2CCC(C(=O)NC(COCCC(=O)NCCCCCCOC3OC(CO)C(O)C(O)C3NC(C)=O)(COCCC(=O)NCCCCCCOC3OC(CO)C(O)C(O)C3NC(C)=O)COCCC(=O)NCCCCCCOC3OC(CO)C(O)C(O)C3NC(C)=O)CC2)c2ccccc21. The van der Waals surface area contributed by atoms with Gasteiger partial charge in [0.15, 0.2) is 25.0 Å². The van der Waals surface area contributed by atoms with E-state index in [0.29, 0.717) is 123 Å². The van der Waals surface area contributed by atoms with Crippen molar-refractivity contribution in [1.82, 2.24) is 58.1 Å². The number of carbonyl (C=O) groups is 8. The predicted octanol–water partition coefficient (Wildman–Crippen LogP) is -0.353. The van der Waals surface area contributed by atoms with Gasteiger partial charge in [0.2, 0.25) is 47.3 Å². The molecule has 760 valence electrons. The highest BCUT2D eigenvalue weighted by atomic mass is 31.1. The average Bonchev–Trinajstić information content (AvgIpc) is 1.63. The summed E-state index contributed by atoms with van der Waals surface area (Å²) in [5.41, 5.74) is 11.7. The van der Waals surface area contributed by atoms with Crippen molar-refractivity contribution in [3.8, 4) is 12.5 Å². The first kappa shape index (κ1) is 112. The number of benzene rings is 2. The third-order valence-electron chi connectivity index (χ3n) is 23.9. The zero-order valence-electron chi connectivity index (χ0n) is 78.0. The summed E-state index contributed by atoms with van der Waals surface area (Å²) in [5.74, 6) is -3.68. The molecule has 2 aromatic carbocycles. The normalized spacial score (nSPS) is 23.9. The number of rotatable bonds is 65. The van der Waals surface area contributed by atoms with Crippen molar-refractivity contribution in [3.63, 3.8) is 0 Å². The van der Waals surface area contributed by atoms with Gasteiger partial charge in [0, 0.05) is 133 Å². The van der Waals surface area contributed by atoms with Gasteiger partial charge in [-0.15, -0.1) is 10.1 Å². The molecule has 18 N–H and O–H groups in total. The Hall–Kier alpha value is -8.08. The number of nitrogens with zero attached hydrogens (tertiary/aromatic N) is 3. The lowest BCUT2D eigenvalue weighted by atomic mass is 9.93. The smallest absolute Gasteiger partial charge is 0.394 e. The molecule has 16 unspecified atom stereocenters. The minimum atomic E-state index is -2.30. The largest absolute Gasteiger partial charge is 0.759 e. The number of aliphatic hydroxyl groups excluding tert-OH is 9. The van der Waals surface area contributed by atoms with Gasteiger partial charge in [0.25, 0.3) is 0 Å². The molecule has 6 heterocycles. The van der Waals surface area contributed by atoms with Crippen LogP contribution in [0.5, 0.6) is 0 Å². The van der Waals surface area contributed by atoms with Crippen LogP contribution in [0.4, 0.5) is 5.69 Å². The third-order valence-corrected chi connectivity index (χ3v) is 24.5. The number of nitrogens with one attached hydrogen (secondary N) is 9. The van der Waals surface area contributed by atoms with Gasteiger partial charge in [0.1, 0.15) is 91.8 Å². The second-order valence-electron chi connectivity index (χ2n) is 34.4. The van der Waals surface area contributed by atoms with Gasteiger partial charge < -0.3 is 151 Å². The summed E-state index contributed by atoms with van der Waals surface area (Å²) in [6.45, 7) is 5.57. The van der Waals surface area contributed by atoms with E-state index >= 15 is 0 Å². The Balaban J connectivity index is 0.832. The van der Waals surface area contributed by atoms with Crippen LogP contribution < -0.4 is 53.1 Å². The molecule has 0 spiro atoms. The summed E-state index contributed by atoms with van der Waals surface area (Å²) in [6.07, 6.45) is 3.92. The quantitative estimate of drug-likeness (QED) is 0.0229. The minimum absolute atomic E-state index is 0.0871. The number of amides is 8. The highest BCUT2D eigenvalue weighted by Gasteiger charge is 2.49. The maximum atomic E-state index is 14.8. The standard InChI is InChI=1S/C91H145N12O31P/c1-5-130-135(121)131-46-26-11-6-10-22-39-102-53-65-27-15-16-28-66(65)80-76(67-29-17-18-30-68(67)102)99-100-103(80)42-50-122-51-52-123-57-75(113)101-40-31-64(32-41-101)87(120)98-91(58-124-47-33-72(110)92-36-19-7-12-23-43-127-88-77(95-61(2)107)84(117)81(114)69(54-104)132-88,59-125-48-34-73(111)93-37-20-8-13-24-44-128-89-78(96-62(3)108)85(118)82(115)70(55-105)133-89)60-126-49-35-74(112)94-38-21-9-14-25-45-129-90-79(97-63(4)109)86(119)83(116)71(56-106)134-90/h1,15-18,27-30,64,69-71,77-79,81-86,88-90,99-100,104-106,114-119H,6-14,19-26,31-60H2,2-4H3,(H6-,92,93,94,95,96,97,98,107,108,109,110,111,112,120)/p+1. The number of hydrazine groups is 2. The van der Waals surface area contributed by atoms with Crippen molar-refractivity contribution in [2.24, 2.45) is 5.92 Å². The van der Waals surface area contributed by atoms with E-state index in [2.05, 4.69) is 87.9 Å². The summed E-state index contributed by atoms with van der Waals surface area (Å²) in [7, 11) is -2.30. The lowest BCUT2D eigenvalue weighted by molar-refractivity contribution is -0.270. The van der Waals surface area contributed by atoms with E-state index < -0.39 is 155 Å². The summed E-state index contributed by atoms with van der Waals surface area (Å²) in [6, 6.07) is 13.5. The van der Waals surface area contributed by atoms with Gasteiger partial charge in [-0.3, -0.25) is 43.4 Å². The van der Waals surface area contributed by atoms with Crippen LogP contribution >= 0.6 is 8.25 Å². The molecule has 6 aliphatic rings. The van der Waals surface area contributed by atoms with Crippen LogP contribution in [0, 0.1) is 18.4 Å². The molecular formula is C91H146N12O31P+. The van der Waals surface area contributed by atoms with Crippen LogP contribution in [0.15, 0.2) is 48.5 Å². The Bertz CT molecular complexity index is 3780. The average molecular weight is 1940 g/mol.